The molecule has 0 fully saturated rings. The fraction of sp³-hybridized carbons (Fsp3) is 0. The molecular weight excluding hydrogens is 440 g/mol. The molecule has 0 spiro atoms. The quantitative estimate of drug-likeness (QED) is 0.367. The second kappa shape index (κ2) is 7.18. The average molecular weight is 448 g/mol. The van der Waals surface area contributed by atoms with E-state index < -0.39 is 23.2 Å². The summed E-state index contributed by atoms with van der Waals surface area (Å²) in [6, 6.07) is 1.69. The second-order valence-corrected chi connectivity index (χ2v) is 2.17. The van der Waals surface area contributed by atoms with E-state index in [2.05, 4.69) is 0 Å². The summed E-state index contributed by atoms with van der Waals surface area (Å²) in [6.07, 6.45) is 0. The number of carboxylic acids is 1. The number of aromatic hydroxyl groups is 3. The van der Waals surface area contributed by atoms with Gasteiger partial charge in [0.1, 0.15) is 0 Å². The zero-order valence-corrected chi connectivity index (χ0v) is 15.2. The minimum atomic E-state index is -1.29. The van der Waals surface area contributed by atoms with E-state index in [1.165, 1.54) is 0 Å². The van der Waals surface area contributed by atoms with Gasteiger partial charge in [-0.25, -0.2) is 4.79 Å². The van der Waals surface area contributed by atoms with Crippen LogP contribution in [0.15, 0.2) is 12.1 Å². The van der Waals surface area contributed by atoms with Crippen molar-refractivity contribution in [3.8, 4) is 17.2 Å². The molecule has 1 aromatic rings. The molecule has 0 aliphatic heterocycles. The van der Waals surface area contributed by atoms with E-state index in [9.17, 15) is 4.79 Å². The van der Waals surface area contributed by atoms with E-state index >= 15 is 0 Å². The summed E-state index contributed by atoms with van der Waals surface area (Å²) in [5, 5.41) is 35.0. The Balaban J connectivity index is -0.000000180. The summed E-state index contributed by atoms with van der Waals surface area (Å²) in [5.41, 5.74) is -0.289. The summed E-state index contributed by atoms with van der Waals surface area (Å²) in [4.78, 5) is 10.3. The van der Waals surface area contributed by atoms with E-state index in [-0.39, 0.29) is 92.9 Å². The van der Waals surface area contributed by atoms with Crippen LogP contribution in [0.25, 0.3) is 0 Å². The normalized spacial score (nSPS) is 8.29. The van der Waals surface area contributed by atoms with Crippen LogP contribution in [-0.2, 0) is 0 Å². The molecule has 14 heavy (non-hydrogen) atoms. The molecule has 5 nitrogen and oxygen atoms in total. The van der Waals surface area contributed by atoms with Crippen molar-refractivity contribution in [2.24, 2.45) is 0 Å². The number of carboxylic acid groups (broad SMARTS) is 1. The van der Waals surface area contributed by atoms with Crippen molar-refractivity contribution in [3.05, 3.63) is 17.7 Å². The third kappa shape index (κ3) is 4.15. The number of carbonyl (C=O) groups is 1. The first-order valence-electron chi connectivity index (χ1n) is 3.00. The van der Waals surface area contributed by atoms with Crippen molar-refractivity contribution < 1.29 is 63.7 Å². The van der Waals surface area contributed by atoms with Gasteiger partial charge in [0.25, 0.3) is 0 Å². The molecule has 71 valence electrons. The number of hydrogen-bond donors (Lipinski definition) is 4. The van der Waals surface area contributed by atoms with E-state index in [1.807, 2.05) is 0 Å². The first-order chi connectivity index (χ1) is 5.52. The van der Waals surface area contributed by atoms with Gasteiger partial charge in [-0.05, 0) is 12.1 Å². The Morgan fingerprint density at radius 3 is 1.79 bits per heavy atom. The fourth-order valence-electron chi connectivity index (χ4n) is 0.728. The number of aromatic carboxylic acids is 1. The summed E-state index contributed by atoms with van der Waals surface area (Å²) in [6.45, 7) is 0. The minimum absolute atomic E-state index is 0. The van der Waals surface area contributed by atoms with Crippen molar-refractivity contribution in [1.29, 1.82) is 0 Å². The van der Waals surface area contributed by atoms with Gasteiger partial charge in [-0.3, -0.25) is 0 Å². The first-order valence-corrected chi connectivity index (χ1v) is 3.00. The molecule has 0 saturated heterocycles. The van der Waals surface area contributed by atoms with Crippen LogP contribution >= 0.6 is 0 Å². The summed E-state index contributed by atoms with van der Waals surface area (Å²) in [5.74, 6) is -3.33. The van der Waals surface area contributed by atoms with Crippen LogP contribution in [0.4, 0.5) is 0 Å². The van der Waals surface area contributed by atoms with Crippen molar-refractivity contribution in [2.45, 2.75) is 0 Å². The van der Waals surface area contributed by atoms with Gasteiger partial charge in [-0.15, -0.1) is 0 Å². The maximum absolute atomic E-state index is 10.3. The van der Waals surface area contributed by atoms with Gasteiger partial charge < -0.3 is 23.3 Å². The molecule has 0 amide bonds. The average Bonchev–Trinajstić information content (AvgIpc) is 1.99. The maximum atomic E-state index is 10.3. The Kier molecular flexibility index (Phi) is 8.85. The zero-order chi connectivity index (χ0) is 9.30. The Bertz CT molecular complexity index is 327. The van der Waals surface area contributed by atoms with Gasteiger partial charge in [0, 0.05) is 35.6 Å². The van der Waals surface area contributed by atoms with Crippen LogP contribution in [0.5, 0.6) is 17.2 Å². The molecule has 1 aromatic carbocycles. The zero-order valence-electron chi connectivity index (χ0n) is 9.14. The van der Waals surface area contributed by atoms with E-state index in [0.29, 0.717) is 0 Å². The van der Waals surface area contributed by atoms with Crippen molar-refractivity contribution in [2.75, 3.05) is 0 Å². The largest absolute Gasteiger partial charge is 2.00 e. The van der Waals surface area contributed by atoms with E-state index in [0.717, 1.165) is 12.1 Å². The monoisotopic (exact) mass is 449 g/mol. The second-order valence-electron chi connectivity index (χ2n) is 2.17. The Labute approximate surface area is 151 Å². The number of phenols is 3. The molecule has 7 heteroatoms. The Hall–Kier alpha value is 0.856. The van der Waals surface area contributed by atoms with Crippen molar-refractivity contribution in [3.63, 3.8) is 0 Å². The van der Waals surface area contributed by atoms with Crippen LogP contribution in [0, 0.1) is 35.6 Å². The van der Waals surface area contributed by atoms with Gasteiger partial charge in [-0.1, -0.05) is 0 Å². The SMILES string of the molecule is O=C(O)c1cc(O)c(O)c(O)c1.[Ba+2].[H-].[H-].[La]. The predicted molar refractivity (Wildman–Crippen MR) is 46.4 cm³/mol. The summed E-state index contributed by atoms with van der Waals surface area (Å²) in [7, 11) is 0. The van der Waals surface area contributed by atoms with E-state index in [1.54, 1.807) is 0 Å². The van der Waals surface area contributed by atoms with Gasteiger partial charge in [0.2, 0.25) is 0 Å². The molecule has 0 unspecified atom stereocenters. The van der Waals surface area contributed by atoms with Crippen molar-refractivity contribution in [1.82, 2.24) is 0 Å². The molecule has 0 heterocycles. The molecule has 0 saturated carbocycles. The molecule has 0 atom stereocenters. The number of hydrogen-bond acceptors (Lipinski definition) is 4. The van der Waals surface area contributed by atoms with Gasteiger partial charge in [0.15, 0.2) is 17.2 Å². The topological polar surface area (TPSA) is 98.0 Å². The van der Waals surface area contributed by atoms with Crippen LogP contribution in [0.2, 0.25) is 0 Å². The van der Waals surface area contributed by atoms with Gasteiger partial charge >= 0.3 is 54.9 Å². The van der Waals surface area contributed by atoms with Crippen LogP contribution in [0.1, 0.15) is 13.2 Å². The fourth-order valence-corrected chi connectivity index (χ4v) is 0.728. The molecule has 1 radical (unpaired) electrons. The van der Waals surface area contributed by atoms with Gasteiger partial charge in [-0.2, -0.15) is 0 Å². The van der Waals surface area contributed by atoms with Gasteiger partial charge in [0.05, 0.1) is 5.56 Å². The molecule has 4 N–H and O–H groups in total. The van der Waals surface area contributed by atoms with Crippen LogP contribution in [-0.4, -0.2) is 75.3 Å². The molecule has 0 aliphatic rings. The minimum Gasteiger partial charge on any atom is -1.00 e. The van der Waals surface area contributed by atoms with E-state index in [4.69, 9.17) is 20.4 Å². The molecule has 0 aromatic heterocycles. The summed E-state index contributed by atoms with van der Waals surface area (Å²) >= 11 is 0. The summed E-state index contributed by atoms with van der Waals surface area (Å²) < 4.78 is 0. The molecule has 0 bridgehead atoms. The maximum Gasteiger partial charge on any atom is 2.00 e. The van der Waals surface area contributed by atoms with Crippen molar-refractivity contribution >= 4 is 54.9 Å². The van der Waals surface area contributed by atoms with Crippen LogP contribution < -0.4 is 0 Å². The first kappa shape index (κ1) is 17.3. The predicted octanol–water partition coefficient (Wildman–Crippen LogP) is 0.346. The van der Waals surface area contributed by atoms with Crippen LogP contribution in [0.3, 0.4) is 0 Å². The number of benzene rings is 1. The molecule has 0 aliphatic carbocycles. The third-order valence-electron chi connectivity index (χ3n) is 1.32. The molecule has 1 rings (SSSR count). The standard InChI is InChI=1S/C7H6O5.Ba.La.2H/c8-4-1-3(7(11)12)2-5(9)6(4)10;;;;/h1-2,8-10H,(H,11,12);;;;/q;+2;;2*-1. The smallest absolute Gasteiger partial charge is 1.00 e. The Morgan fingerprint density at radius 1 is 1.14 bits per heavy atom. The molecular formula is C7H8BaLaO5. The Morgan fingerprint density at radius 2 is 1.50 bits per heavy atom. The third-order valence-corrected chi connectivity index (χ3v) is 1.32. The number of phenolic OH excluding ortho intramolecular Hbond substituents is 3. The number of rotatable bonds is 1.